The van der Waals surface area contributed by atoms with Crippen LogP contribution in [0.15, 0.2) is 18.2 Å². The van der Waals surface area contributed by atoms with Crippen LogP contribution in [0, 0.1) is 17.6 Å². The average Bonchev–Trinajstić information content (AvgIpc) is 2.43. The molecule has 106 valence electrons. The van der Waals surface area contributed by atoms with E-state index in [1.807, 2.05) is 7.05 Å². The molecule has 0 spiro atoms. The van der Waals surface area contributed by atoms with E-state index in [-0.39, 0.29) is 17.7 Å². The van der Waals surface area contributed by atoms with E-state index in [0.717, 1.165) is 12.3 Å². The number of rotatable bonds is 5. The monoisotopic (exact) mass is 267 g/mol. The number of benzene rings is 1. The zero-order chi connectivity index (χ0) is 13.7. The van der Waals surface area contributed by atoms with Crippen molar-refractivity contribution < 1.29 is 8.78 Å². The number of nitrogens with one attached hydrogen (secondary N) is 1. The molecular weight excluding hydrogens is 244 g/mol. The lowest BCUT2D eigenvalue weighted by Crippen LogP contribution is -2.31. The maximum absolute atomic E-state index is 13.7. The summed E-state index contributed by atoms with van der Waals surface area (Å²) in [6.07, 6.45) is 8.17. The van der Waals surface area contributed by atoms with Crippen molar-refractivity contribution in [3.63, 3.8) is 0 Å². The first-order chi connectivity index (χ1) is 9.19. The molecule has 1 aromatic carbocycles. The third-order valence-electron chi connectivity index (χ3n) is 4.22. The van der Waals surface area contributed by atoms with E-state index in [9.17, 15) is 8.78 Å². The second-order valence-corrected chi connectivity index (χ2v) is 5.67. The Morgan fingerprint density at radius 1 is 1.21 bits per heavy atom. The van der Waals surface area contributed by atoms with E-state index in [1.54, 1.807) is 0 Å². The fourth-order valence-electron chi connectivity index (χ4n) is 3.09. The summed E-state index contributed by atoms with van der Waals surface area (Å²) in [4.78, 5) is 0. The second kappa shape index (κ2) is 6.99. The Bertz CT molecular complexity index is 400. The van der Waals surface area contributed by atoms with Crippen molar-refractivity contribution in [1.82, 2.24) is 5.32 Å². The molecule has 0 saturated heterocycles. The molecule has 1 saturated carbocycles. The van der Waals surface area contributed by atoms with Crippen molar-refractivity contribution in [2.45, 2.75) is 51.0 Å². The number of hydrogen-bond donors (Lipinski definition) is 1. The van der Waals surface area contributed by atoms with Crippen LogP contribution in [-0.4, -0.2) is 13.1 Å². The second-order valence-electron chi connectivity index (χ2n) is 5.67. The molecule has 1 fully saturated rings. The van der Waals surface area contributed by atoms with Crippen LogP contribution < -0.4 is 5.32 Å². The third-order valence-corrected chi connectivity index (χ3v) is 4.22. The van der Waals surface area contributed by atoms with Gasteiger partial charge in [-0.05, 0) is 49.6 Å². The van der Waals surface area contributed by atoms with Crippen molar-refractivity contribution in [3.05, 3.63) is 35.4 Å². The number of likely N-dealkylation sites (N-methyl/N-ethyl adjacent to an activating group) is 1. The molecule has 3 heteroatoms. The van der Waals surface area contributed by atoms with Crippen LogP contribution in [0.5, 0.6) is 0 Å². The topological polar surface area (TPSA) is 12.0 Å². The highest BCUT2D eigenvalue weighted by atomic mass is 19.1. The molecule has 0 amide bonds. The van der Waals surface area contributed by atoms with Gasteiger partial charge in [0.25, 0.3) is 0 Å². The summed E-state index contributed by atoms with van der Waals surface area (Å²) in [6, 6.07) is 3.95. The zero-order valence-electron chi connectivity index (χ0n) is 11.6. The normalized spacial score (nSPS) is 18.5. The molecule has 1 atom stereocenters. The maximum Gasteiger partial charge on any atom is 0.126 e. The Balaban J connectivity index is 1.95. The van der Waals surface area contributed by atoms with Crippen LogP contribution >= 0.6 is 0 Å². The summed E-state index contributed by atoms with van der Waals surface area (Å²) in [5, 5.41) is 3.26. The highest BCUT2D eigenvalue weighted by molar-refractivity contribution is 5.19. The fraction of sp³-hybridized carbons (Fsp3) is 0.625. The predicted octanol–water partition coefficient (Wildman–Crippen LogP) is 4.07. The Kier molecular flexibility index (Phi) is 5.32. The number of hydrogen-bond acceptors (Lipinski definition) is 1. The van der Waals surface area contributed by atoms with Crippen molar-refractivity contribution in [1.29, 1.82) is 0 Å². The van der Waals surface area contributed by atoms with Gasteiger partial charge < -0.3 is 5.32 Å². The van der Waals surface area contributed by atoms with Gasteiger partial charge >= 0.3 is 0 Å². The first-order valence-electron chi connectivity index (χ1n) is 7.30. The first kappa shape index (κ1) is 14.4. The summed E-state index contributed by atoms with van der Waals surface area (Å²) in [5.41, 5.74) is 0.482. The highest BCUT2D eigenvalue weighted by Gasteiger charge is 2.19. The van der Waals surface area contributed by atoms with Gasteiger partial charge in [0.05, 0.1) is 0 Å². The van der Waals surface area contributed by atoms with Crippen molar-refractivity contribution >= 4 is 0 Å². The largest absolute Gasteiger partial charge is 0.317 e. The summed E-state index contributed by atoms with van der Waals surface area (Å²) < 4.78 is 26.8. The molecule has 2 rings (SSSR count). The van der Waals surface area contributed by atoms with Gasteiger partial charge in [-0.2, -0.15) is 0 Å². The molecule has 1 N–H and O–H groups in total. The summed E-state index contributed by atoms with van der Waals surface area (Å²) in [6.45, 7) is 0. The highest BCUT2D eigenvalue weighted by Crippen LogP contribution is 2.28. The van der Waals surface area contributed by atoms with E-state index in [0.29, 0.717) is 12.0 Å². The molecule has 0 radical (unpaired) electrons. The Morgan fingerprint density at radius 2 is 1.95 bits per heavy atom. The quantitative estimate of drug-likeness (QED) is 0.848. The molecule has 1 aromatic rings. The van der Waals surface area contributed by atoms with Crippen LogP contribution in [0.25, 0.3) is 0 Å². The minimum absolute atomic E-state index is 0.236. The standard InChI is InChI=1S/C16H23F2N/c1-19-15(9-12-5-3-2-4-6-12)11-13-10-14(17)7-8-16(13)18/h7-8,10,12,15,19H,2-6,9,11H2,1H3. The molecule has 1 aliphatic carbocycles. The van der Waals surface area contributed by atoms with Crippen LogP contribution in [0.2, 0.25) is 0 Å². The van der Waals surface area contributed by atoms with Crippen molar-refractivity contribution in [2.75, 3.05) is 7.05 Å². The van der Waals surface area contributed by atoms with Gasteiger partial charge in [-0.3, -0.25) is 0 Å². The lowest BCUT2D eigenvalue weighted by Gasteiger charge is -2.26. The molecule has 0 bridgehead atoms. The number of halogens is 2. The predicted molar refractivity (Wildman–Crippen MR) is 74.1 cm³/mol. The summed E-state index contributed by atoms with van der Waals surface area (Å²) in [7, 11) is 1.91. The minimum atomic E-state index is -0.357. The zero-order valence-corrected chi connectivity index (χ0v) is 11.6. The Morgan fingerprint density at radius 3 is 2.63 bits per heavy atom. The molecular formula is C16H23F2N. The van der Waals surface area contributed by atoms with E-state index >= 15 is 0 Å². The fourth-order valence-corrected chi connectivity index (χ4v) is 3.09. The molecule has 19 heavy (non-hydrogen) atoms. The maximum atomic E-state index is 13.7. The molecule has 1 nitrogen and oxygen atoms in total. The smallest absolute Gasteiger partial charge is 0.126 e. The van der Waals surface area contributed by atoms with Crippen LogP contribution in [0.1, 0.15) is 44.1 Å². The molecule has 0 aromatic heterocycles. The lowest BCUT2D eigenvalue weighted by atomic mass is 9.83. The van der Waals surface area contributed by atoms with Gasteiger partial charge in [-0.1, -0.05) is 32.1 Å². The minimum Gasteiger partial charge on any atom is -0.317 e. The SMILES string of the molecule is CNC(Cc1cc(F)ccc1F)CC1CCCCC1. The molecule has 1 unspecified atom stereocenters. The molecule has 0 heterocycles. The van der Waals surface area contributed by atoms with Gasteiger partial charge in [-0.15, -0.1) is 0 Å². The van der Waals surface area contributed by atoms with Gasteiger partial charge in [0.2, 0.25) is 0 Å². The van der Waals surface area contributed by atoms with Crippen LogP contribution in [-0.2, 0) is 6.42 Å². The van der Waals surface area contributed by atoms with Gasteiger partial charge in [0, 0.05) is 6.04 Å². The first-order valence-corrected chi connectivity index (χ1v) is 7.30. The van der Waals surface area contributed by atoms with Crippen molar-refractivity contribution in [2.24, 2.45) is 5.92 Å². The van der Waals surface area contributed by atoms with E-state index < -0.39 is 0 Å². The van der Waals surface area contributed by atoms with Crippen LogP contribution in [0.4, 0.5) is 8.78 Å². The molecule has 1 aliphatic rings. The summed E-state index contributed by atoms with van der Waals surface area (Å²) >= 11 is 0. The van der Waals surface area contributed by atoms with E-state index in [1.165, 1.54) is 50.3 Å². The van der Waals surface area contributed by atoms with Crippen molar-refractivity contribution in [3.8, 4) is 0 Å². The van der Waals surface area contributed by atoms with Crippen LogP contribution in [0.3, 0.4) is 0 Å². The molecule has 0 aliphatic heterocycles. The van der Waals surface area contributed by atoms with Gasteiger partial charge in [0.15, 0.2) is 0 Å². The Labute approximate surface area is 114 Å². The Hall–Kier alpha value is -0.960. The summed E-state index contributed by atoms with van der Waals surface area (Å²) in [5.74, 6) is 0.0806. The van der Waals surface area contributed by atoms with E-state index in [4.69, 9.17) is 0 Å². The van der Waals surface area contributed by atoms with E-state index in [2.05, 4.69) is 5.32 Å². The third kappa shape index (κ3) is 4.27. The van der Waals surface area contributed by atoms with Gasteiger partial charge in [-0.25, -0.2) is 8.78 Å². The lowest BCUT2D eigenvalue weighted by molar-refractivity contribution is 0.301. The van der Waals surface area contributed by atoms with Gasteiger partial charge in [0.1, 0.15) is 11.6 Å². The average molecular weight is 267 g/mol.